The summed E-state index contributed by atoms with van der Waals surface area (Å²) in [6.07, 6.45) is -5.12. The molecular formula is C10H17N2O14P3S. The van der Waals surface area contributed by atoms with Crippen LogP contribution < -0.4 is 11.2 Å². The van der Waals surface area contributed by atoms with Gasteiger partial charge in [0, 0.05) is 13.2 Å². The van der Waals surface area contributed by atoms with Gasteiger partial charge in [-0.15, -0.1) is 0 Å². The van der Waals surface area contributed by atoms with Crippen molar-refractivity contribution in [2.75, 3.05) is 6.61 Å². The molecule has 0 aromatic carbocycles. The first-order valence-corrected chi connectivity index (χ1v) is 13.2. The fourth-order valence-electron chi connectivity index (χ4n) is 2.40. The van der Waals surface area contributed by atoms with Gasteiger partial charge in [0.2, 0.25) is 0 Å². The summed E-state index contributed by atoms with van der Waals surface area (Å²) in [5, 5.41) is 20.2. The minimum atomic E-state index is -5.52. The number of aliphatic hydroxyl groups excluding tert-OH is 2. The van der Waals surface area contributed by atoms with Gasteiger partial charge in [-0.05, 0) is 11.8 Å². The molecule has 172 valence electrons. The third-order valence-corrected chi connectivity index (χ3v) is 8.34. The Balaban J connectivity index is 2.09. The smallest absolute Gasteiger partial charge is 0.387 e. The molecule has 6 atom stereocenters. The van der Waals surface area contributed by atoms with Crippen molar-refractivity contribution >= 4 is 34.2 Å². The molecule has 1 fully saturated rings. The Hall–Kier alpha value is -0.610. The molecule has 7 N–H and O–H groups in total. The first kappa shape index (κ1) is 25.6. The van der Waals surface area contributed by atoms with Crippen LogP contribution in [0.15, 0.2) is 15.8 Å². The van der Waals surface area contributed by atoms with Gasteiger partial charge in [-0.3, -0.25) is 9.78 Å². The molecule has 30 heavy (non-hydrogen) atoms. The summed E-state index contributed by atoms with van der Waals surface area (Å²) >= 11 is 4.42. The van der Waals surface area contributed by atoms with Gasteiger partial charge in [0.05, 0.1) is 12.2 Å². The molecule has 0 radical (unpaired) electrons. The largest absolute Gasteiger partial charge is 0.488 e. The fraction of sp³-hybridized carbons (Fsp3) is 0.600. The molecular weight excluding hydrogens is 497 g/mol. The van der Waals surface area contributed by atoms with E-state index in [1.807, 2.05) is 4.98 Å². The van der Waals surface area contributed by atoms with E-state index in [1.54, 1.807) is 0 Å². The molecule has 16 nitrogen and oxygen atoms in total. The average molecular weight is 514 g/mol. The van der Waals surface area contributed by atoms with Crippen LogP contribution in [0, 0.1) is 0 Å². The number of aromatic amines is 1. The molecule has 0 bridgehead atoms. The maximum absolute atomic E-state index is 11.9. The second kappa shape index (κ2) is 9.10. The van der Waals surface area contributed by atoms with E-state index in [0.29, 0.717) is 0 Å². The van der Waals surface area contributed by atoms with Crippen molar-refractivity contribution in [1.82, 2.24) is 9.55 Å². The van der Waals surface area contributed by atoms with E-state index in [1.165, 1.54) is 7.05 Å². The fourth-order valence-corrected chi connectivity index (χ4v) is 6.37. The second-order valence-electron chi connectivity index (χ2n) is 5.92. The first-order chi connectivity index (χ1) is 13.5. The molecule has 1 saturated heterocycles. The number of nitrogens with zero attached hydrogens (tertiary/aromatic N) is 1. The Morgan fingerprint density at radius 2 is 1.77 bits per heavy atom. The highest BCUT2D eigenvalue weighted by atomic mass is 32.5. The zero-order valence-electron chi connectivity index (χ0n) is 14.7. The Morgan fingerprint density at radius 1 is 1.17 bits per heavy atom. The summed E-state index contributed by atoms with van der Waals surface area (Å²) in [6, 6.07) is 0. The van der Waals surface area contributed by atoms with Gasteiger partial charge in [0.1, 0.15) is 24.4 Å². The van der Waals surface area contributed by atoms with Gasteiger partial charge in [-0.25, -0.2) is 18.2 Å². The van der Waals surface area contributed by atoms with Gasteiger partial charge >= 0.3 is 28.1 Å². The van der Waals surface area contributed by atoms with E-state index in [-0.39, 0.29) is 5.56 Å². The number of aryl methyl sites for hydroxylation is 1. The van der Waals surface area contributed by atoms with Crippen LogP contribution in [-0.4, -0.2) is 64.3 Å². The maximum atomic E-state index is 11.9. The number of aliphatic hydroxyl groups is 2. The third kappa shape index (κ3) is 6.69. The van der Waals surface area contributed by atoms with E-state index in [4.69, 9.17) is 19.0 Å². The minimum absolute atomic E-state index is 0.208. The van der Waals surface area contributed by atoms with Crippen LogP contribution in [0.2, 0.25) is 0 Å². The van der Waals surface area contributed by atoms with Gasteiger partial charge < -0.3 is 43.6 Å². The molecule has 2 rings (SSSR count). The van der Waals surface area contributed by atoms with Gasteiger partial charge in [-0.1, -0.05) is 0 Å². The highest BCUT2D eigenvalue weighted by Gasteiger charge is 2.46. The Kier molecular flexibility index (Phi) is 7.78. The van der Waals surface area contributed by atoms with E-state index < -0.39 is 64.6 Å². The van der Waals surface area contributed by atoms with Gasteiger partial charge in [-0.2, -0.15) is 4.31 Å². The lowest BCUT2D eigenvalue weighted by molar-refractivity contribution is -0.0197. The molecule has 1 aliphatic rings. The zero-order chi connectivity index (χ0) is 23.1. The van der Waals surface area contributed by atoms with Crippen molar-refractivity contribution in [1.29, 1.82) is 0 Å². The number of H-pyrrole nitrogens is 1. The highest BCUT2D eigenvalue weighted by molar-refractivity contribution is 8.08. The molecule has 0 aliphatic carbocycles. The summed E-state index contributed by atoms with van der Waals surface area (Å²) in [7, 11) is -9.69. The van der Waals surface area contributed by atoms with Crippen molar-refractivity contribution in [2.45, 2.75) is 24.4 Å². The second-order valence-corrected chi connectivity index (χ2v) is 11.7. The maximum Gasteiger partial charge on any atom is 0.488 e. The summed E-state index contributed by atoms with van der Waals surface area (Å²) in [5.74, 6) is 0. The molecule has 0 saturated carbocycles. The van der Waals surface area contributed by atoms with E-state index >= 15 is 0 Å². The normalized spacial score (nSPS) is 28.8. The van der Waals surface area contributed by atoms with Crippen molar-refractivity contribution in [3.8, 4) is 0 Å². The molecule has 0 amide bonds. The Labute approximate surface area is 171 Å². The summed E-state index contributed by atoms with van der Waals surface area (Å²) in [5.41, 5.74) is -1.83. The number of aromatic nitrogens is 2. The monoisotopic (exact) mass is 514 g/mol. The van der Waals surface area contributed by atoms with E-state index in [2.05, 4.69) is 20.4 Å². The molecule has 3 unspecified atom stereocenters. The summed E-state index contributed by atoms with van der Waals surface area (Å²) in [4.78, 5) is 61.3. The molecule has 1 aliphatic heterocycles. The highest BCUT2D eigenvalue weighted by Crippen LogP contribution is 2.66. The number of hydrogen-bond acceptors (Lipinski definition) is 11. The summed E-state index contributed by atoms with van der Waals surface area (Å²) in [6.45, 7) is -5.48. The minimum Gasteiger partial charge on any atom is -0.387 e. The topological polar surface area (TPSA) is 247 Å². The van der Waals surface area contributed by atoms with Crippen LogP contribution in [0.4, 0.5) is 0 Å². The molecule has 2 heterocycles. The van der Waals surface area contributed by atoms with Crippen LogP contribution in [0.3, 0.4) is 0 Å². The molecule has 1 aromatic heterocycles. The van der Waals surface area contributed by atoms with E-state index in [9.17, 15) is 38.7 Å². The van der Waals surface area contributed by atoms with Crippen molar-refractivity contribution in [2.24, 2.45) is 7.05 Å². The van der Waals surface area contributed by atoms with Crippen molar-refractivity contribution < 1.29 is 56.8 Å². The van der Waals surface area contributed by atoms with Crippen LogP contribution in [0.1, 0.15) is 11.7 Å². The van der Waals surface area contributed by atoms with Gasteiger partial charge in [0.15, 0.2) is 0 Å². The third-order valence-electron chi connectivity index (χ3n) is 3.62. The number of phosphoric acid groups is 2. The lowest BCUT2D eigenvalue weighted by Gasteiger charge is -2.21. The lowest BCUT2D eigenvalue weighted by Crippen LogP contribution is -2.35. The Morgan fingerprint density at radius 3 is 2.33 bits per heavy atom. The molecule has 0 spiro atoms. The number of rotatable bonds is 8. The standard InChI is InChI=1S/C10H17N2O14P3S/c1-12-2-4(9(15)11-10(12)16)8-7(14)6(13)5(24-8)3-23-29(22,30)26-28(20,21)25-27(17,18)19/h2,5-8,13-14H,3H2,1H3,(H,20,21)(H,22,30)(H,11,15,16)(H2,17,18,19)/t5-,6?,7+,8+,29?/m1/s1. The predicted molar refractivity (Wildman–Crippen MR) is 98.4 cm³/mol. The molecule has 1 aromatic rings. The number of ether oxygens (including phenoxy) is 1. The average Bonchev–Trinajstić information content (AvgIpc) is 2.81. The van der Waals surface area contributed by atoms with Crippen molar-refractivity contribution in [3.05, 3.63) is 32.6 Å². The number of hydrogen-bond donors (Lipinski definition) is 7. The van der Waals surface area contributed by atoms with Crippen LogP contribution in [-0.2, 0) is 45.9 Å². The molecule has 20 heteroatoms. The first-order valence-electron chi connectivity index (χ1n) is 7.61. The SMILES string of the molecule is Cn1cc([C@@H]2O[C@H](COP(O)(=S)OP(=O)(O)OP(=O)(O)O)C(O)[C@@H]2O)c(=O)[nH]c1=O. The number of nitrogens with one attached hydrogen (secondary N) is 1. The van der Waals surface area contributed by atoms with Crippen molar-refractivity contribution in [3.63, 3.8) is 0 Å². The zero-order valence-corrected chi connectivity index (χ0v) is 18.2. The van der Waals surface area contributed by atoms with E-state index in [0.717, 1.165) is 10.8 Å². The quantitative estimate of drug-likeness (QED) is 0.180. The van der Waals surface area contributed by atoms with Crippen LogP contribution in [0.5, 0.6) is 0 Å². The van der Waals surface area contributed by atoms with Gasteiger partial charge in [0.25, 0.3) is 5.56 Å². The summed E-state index contributed by atoms with van der Waals surface area (Å²) < 4.78 is 40.6. The predicted octanol–water partition coefficient (Wildman–Crippen LogP) is -2.31. The van der Waals surface area contributed by atoms with Crippen LogP contribution >= 0.6 is 22.4 Å². The lowest BCUT2D eigenvalue weighted by atomic mass is 10.0. The van der Waals surface area contributed by atoms with Crippen LogP contribution in [0.25, 0.3) is 0 Å². The Bertz CT molecular complexity index is 1050.